The predicted molar refractivity (Wildman–Crippen MR) is 69.8 cm³/mol. The number of hydrogen-bond donors (Lipinski definition) is 2. The molecular formula is C13H13N3O3. The molecule has 0 spiro atoms. The summed E-state index contributed by atoms with van der Waals surface area (Å²) in [5.74, 6) is 0.353. The minimum Gasteiger partial charge on any atom is -0.408 e. The molecule has 0 aliphatic rings. The van der Waals surface area contributed by atoms with E-state index in [0.29, 0.717) is 17.5 Å². The fourth-order valence-electron chi connectivity index (χ4n) is 2.15. The van der Waals surface area contributed by atoms with Crippen molar-refractivity contribution in [2.45, 2.75) is 6.42 Å². The molecule has 0 fully saturated rings. The van der Waals surface area contributed by atoms with Gasteiger partial charge in [0.2, 0.25) is 0 Å². The monoisotopic (exact) mass is 259 g/mol. The molecule has 2 N–H and O–H groups in total. The molecule has 0 unspecified atom stereocenters. The Bertz CT molecular complexity index is 782. The molecule has 2 heterocycles. The third kappa shape index (κ3) is 1.96. The van der Waals surface area contributed by atoms with Crippen molar-refractivity contribution in [1.82, 2.24) is 14.5 Å². The number of hydrogen-bond acceptors (Lipinski definition) is 4. The van der Waals surface area contributed by atoms with Crippen LogP contribution in [0.5, 0.6) is 0 Å². The van der Waals surface area contributed by atoms with Crippen molar-refractivity contribution in [3.05, 3.63) is 40.8 Å². The van der Waals surface area contributed by atoms with E-state index in [1.807, 2.05) is 17.7 Å². The number of imidazole rings is 1. The van der Waals surface area contributed by atoms with Crippen molar-refractivity contribution in [2.75, 3.05) is 6.61 Å². The Morgan fingerprint density at radius 1 is 1.47 bits per heavy atom. The quantitative estimate of drug-likeness (QED) is 0.736. The zero-order chi connectivity index (χ0) is 13.4. The summed E-state index contributed by atoms with van der Waals surface area (Å²) in [4.78, 5) is 18.0. The minimum atomic E-state index is -0.460. The van der Waals surface area contributed by atoms with E-state index in [-0.39, 0.29) is 6.61 Å². The van der Waals surface area contributed by atoms with E-state index in [1.165, 1.54) is 0 Å². The molecule has 0 aliphatic carbocycles. The number of aromatic amines is 1. The molecular weight excluding hydrogens is 246 g/mol. The van der Waals surface area contributed by atoms with Crippen molar-refractivity contribution in [3.63, 3.8) is 0 Å². The molecule has 0 radical (unpaired) electrons. The number of rotatable bonds is 3. The number of benzene rings is 1. The van der Waals surface area contributed by atoms with Gasteiger partial charge in [-0.1, -0.05) is 6.07 Å². The van der Waals surface area contributed by atoms with E-state index in [0.717, 1.165) is 17.1 Å². The van der Waals surface area contributed by atoms with Crippen LogP contribution in [0.2, 0.25) is 0 Å². The first-order valence-electron chi connectivity index (χ1n) is 5.94. The van der Waals surface area contributed by atoms with Gasteiger partial charge in [-0.2, -0.15) is 0 Å². The van der Waals surface area contributed by atoms with Crippen LogP contribution in [-0.4, -0.2) is 26.2 Å². The standard InChI is InChI=1S/C13H13N3O3/c1-16-10(7-14-12(16)4-5-17)8-2-3-9-11(6-8)19-13(18)15-9/h2-3,6-7,17H,4-5H2,1H3,(H,15,18). The van der Waals surface area contributed by atoms with Gasteiger partial charge >= 0.3 is 5.76 Å². The van der Waals surface area contributed by atoms with Crippen LogP contribution in [0.3, 0.4) is 0 Å². The average Bonchev–Trinajstić information content (AvgIpc) is 2.92. The zero-order valence-corrected chi connectivity index (χ0v) is 10.4. The second-order valence-corrected chi connectivity index (χ2v) is 4.32. The Morgan fingerprint density at radius 3 is 3.11 bits per heavy atom. The van der Waals surface area contributed by atoms with Gasteiger partial charge in [0, 0.05) is 19.0 Å². The SMILES string of the molecule is Cn1c(-c2ccc3[nH]c(=O)oc3c2)cnc1CCO. The normalized spacial score (nSPS) is 11.3. The van der Waals surface area contributed by atoms with Crippen molar-refractivity contribution in [1.29, 1.82) is 0 Å². The van der Waals surface area contributed by atoms with Crippen LogP contribution in [0.15, 0.2) is 33.6 Å². The molecule has 2 aromatic heterocycles. The molecule has 0 amide bonds. The van der Waals surface area contributed by atoms with Crippen LogP contribution >= 0.6 is 0 Å². The van der Waals surface area contributed by atoms with Gasteiger partial charge < -0.3 is 14.1 Å². The number of aliphatic hydroxyl groups excluding tert-OH is 1. The lowest BCUT2D eigenvalue weighted by atomic mass is 10.1. The van der Waals surface area contributed by atoms with Crippen LogP contribution in [0, 0.1) is 0 Å². The van der Waals surface area contributed by atoms with Crippen LogP contribution in [0.25, 0.3) is 22.4 Å². The molecule has 6 nitrogen and oxygen atoms in total. The number of aromatic nitrogens is 3. The summed E-state index contributed by atoms with van der Waals surface area (Å²) in [5.41, 5.74) is 3.02. The molecule has 6 heteroatoms. The second-order valence-electron chi connectivity index (χ2n) is 4.32. The number of aliphatic hydroxyl groups is 1. The lowest BCUT2D eigenvalue weighted by molar-refractivity contribution is 0.295. The zero-order valence-electron chi connectivity index (χ0n) is 10.4. The lowest BCUT2D eigenvalue weighted by Gasteiger charge is -2.05. The highest BCUT2D eigenvalue weighted by Gasteiger charge is 2.10. The summed E-state index contributed by atoms with van der Waals surface area (Å²) in [5, 5.41) is 8.96. The fraction of sp³-hybridized carbons (Fsp3) is 0.231. The maximum absolute atomic E-state index is 11.1. The van der Waals surface area contributed by atoms with Gasteiger partial charge in [-0.25, -0.2) is 9.78 Å². The summed E-state index contributed by atoms with van der Waals surface area (Å²) in [7, 11) is 1.89. The van der Waals surface area contributed by atoms with E-state index in [1.54, 1.807) is 18.3 Å². The Kier molecular flexibility index (Phi) is 2.72. The van der Waals surface area contributed by atoms with E-state index in [2.05, 4.69) is 9.97 Å². The number of oxazole rings is 1. The molecule has 3 rings (SSSR count). The lowest BCUT2D eigenvalue weighted by Crippen LogP contribution is -2.02. The van der Waals surface area contributed by atoms with Gasteiger partial charge in [0.25, 0.3) is 0 Å². The number of nitrogens with one attached hydrogen (secondary N) is 1. The molecule has 0 bridgehead atoms. The number of H-pyrrole nitrogens is 1. The molecule has 19 heavy (non-hydrogen) atoms. The Balaban J connectivity index is 2.10. The van der Waals surface area contributed by atoms with E-state index < -0.39 is 5.76 Å². The summed E-state index contributed by atoms with van der Waals surface area (Å²) < 4.78 is 6.96. The highest BCUT2D eigenvalue weighted by molar-refractivity contribution is 5.78. The van der Waals surface area contributed by atoms with Gasteiger partial charge in [0.05, 0.1) is 24.0 Å². The summed E-state index contributed by atoms with van der Waals surface area (Å²) in [6.07, 6.45) is 2.26. The molecule has 0 atom stereocenters. The fourth-order valence-corrected chi connectivity index (χ4v) is 2.15. The van der Waals surface area contributed by atoms with Crippen molar-refractivity contribution >= 4 is 11.1 Å². The number of fused-ring (bicyclic) bond motifs is 1. The van der Waals surface area contributed by atoms with E-state index in [4.69, 9.17) is 9.52 Å². The van der Waals surface area contributed by atoms with Gasteiger partial charge in [-0.15, -0.1) is 0 Å². The predicted octanol–water partition coefficient (Wildman–Crippen LogP) is 1.06. The molecule has 1 aromatic carbocycles. The Morgan fingerprint density at radius 2 is 2.32 bits per heavy atom. The van der Waals surface area contributed by atoms with Crippen LogP contribution < -0.4 is 5.76 Å². The Hall–Kier alpha value is -2.34. The van der Waals surface area contributed by atoms with Gasteiger partial charge in [0.15, 0.2) is 5.58 Å². The van der Waals surface area contributed by atoms with Crippen molar-refractivity contribution in [2.24, 2.45) is 7.05 Å². The molecule has 3 aromatic rings. The van der Waals surface area contributed by atoms with Gasteiger partial charge in [-0.3, -0.25) is 4.98 Å². The van der Waals surface area contributed by atoms with Crippen molar-refractivity contribution < 1.29 is 9.52 Å². The largest absolute Gasteiger partial charge is 0.417 e. The minimum absolute atomic E-state index is 0.0655. The number of nitrogens with zero attached hydrogens (tertiary/aromatic N) is 2. The first kappa shape index (κ1) is 11.7. The molecule has 0 saturated heterocycles. The molecule has 98 valence electrons. The van der Waals surface area contributed by atoms with Gasteiger partial charge in [0.1, 0.15) is 5.82 Å². The summed E-state index contributed by atoms with van der Waals surface area (Å²) in [6, 6.07) is 5.49. The van der Waals surface area contributed by atoms with Crippen LogP contribution in [-0.2, 0) is 13.5 Å². The molecule has 0 saturated carbocycles. The average molecular weight is 259 g/mol. The van der Waals surface area contributed by atoms with E-state index >= 15 is 0 Å². The highest BCUT2D eigenvalue weighted by Crippen LogP contribution is 2.23. The smallest absolute Gasteiger partial charge is 0.408 e. The third-order valence-corrected chi connectivity index (χ3v) is 3.14. The summed E-state index contributed by atoms with van der Waals surface area (Å²) >= 11 is 0. The van der Waals surface area contributed by atoms with E-state index in [9.17, 15) is 4.79 Å². The molecule has 0 aliphatic heterocycles. The third-order valence-electron chi connectivity index (χ3n) is 3.14. The van der Waals surface area contributed by atoms with Crippen molar-refractivity contribution in [3.8, 4) is 11.3 Å². The maximum Gasteiger partial charge on any atom is 0.417 e. The summed E-state index contributed by atoms with van der Waals surface area (Å²) in [6.45, 7) is 0.0655. The second kappa shape index (κ2) is 4.40. The maximum atomic E-state index is 11.1. The van der Waals surface area contributed by atoms with Gasteiger partial charge in [-0.05, 0) is 12.1 Å². The van der Waals surface area contributed by atoms with Crippen LogP contribution in [0.4, 0.5) is 0 Å². The van der Waals surface area contributed by atoms with Crippen LogP contribution in [0.1, 0.15) is 5.82 Å². The first-order valence-corrected chi connectivity index (χ1v) is 5.94. The first-order chi connectivity index (χ1) is 9.19. The highest BCUT2D eigenvalue weighted by atomic mass is 16.4. The Labute approximate surface area is 108 Å². The topological polar surface area (TPSA) is 84.0 Å².